The van der Waals surface area contributed by atoms with Gasteiger partial charge < -0.3 is 11.1 Å². The van der Waals surface area contributed by atoms with Gasteiger partial charge in [-0.1, -0.05) is 12.5 Å². The van der Waals surface area contributed by atoms with E-state index >= 15 is 0 Å². The number of piperidine rings is 1. The molecule has 1 saturated heterocycles. The summed E-state index contributed by atoms with van der Waals surface area (Å²) in [5.41, 5.74) is 7.10. The predicted octanol–water partition coefficient (Wildman–Crippen LogP) is 0.474. The van der Waals surface area contributed by atoms with E-state index in [2.05, 4.69) is 5.32 Å². The van der Waals surface area contributed by atoms with E-state index in [4.69, 9.17) is 5.73 Å². The van der Waals surface area contributed by atoms with Crippen molar-refractivity contribution in [3.8, 4) is 0 Å². The van der Waals surface area contributed by atoms with Crippen LogP contribution in [0.5, 0.6) is 0 Å². The number of nitrogens with zero attached hydrogens (tertiary/aromatic N) is 1. The Kier molecular flexibility index (Phi) is 4.20. The minimum atomic E-state index is -3.61. The Morgan fingerprint density at radius 1 is 1.32 bits per heavy atom. The van der Waals surface area contributed by atoms with Crippen LogP contribution in [0.15, 0.2) is 23.1 Å². The lowest BCUT2D eigenvalue weighted by Gasteiger charge is -2.34. The number of rotatable bonds is 3. The molecule has 1 amide bonds. The first-order valence-corrected chi connectivity index (χ1v) is 9.11. The van der Waals surface area contributed by atoms with E-state index in [0.29, 0.717) is 25.2 Å². The van der Waals surface area contributed by atoms with Gasteiger partial charge in [0.05, 0.1) is 4.90 Å². The number of carbonyl (C=O) groups is 1. The van der Waals surface area contributed by atoms with Crippen LogP contribution in [0.3, 0.4) is 0 Å². The Morgan fingerprint density at radius 3 is 2.91 bits per heavy atom. The molecule has 1 fully saturated rings. The Morgan fingerprint density at radius 2 is 2.14 bits per heavy atom. The summed E-state index contributed by atoms with van der Waals surface area (Å²) < 4.78 is 27.3. The summed E-state index contributed by atoms with van der Waals surface area (Å²) >= 11 is 0. The lowest BCUT2D eigenvalue weighted by molar-refractivity contribution is 0.0945. The van der Waals surface area contributed by atoms with Crippen LogP contribution in [0.4, 0.5) is 0 Å². The number of hydrogen-bond donors (Lipinski definition) is 2. The molecule has 0 saturated carbocycles. The van der Waals surface area contributed by atoms with Crippen molar-refractivity contribution in [3.05, 3.63) is 29.3 Å². The van der Waals surface area contributed by atoms with Crippen LogP contribution in [-0.2, 0) is 16.4 Å². The van der Waals surface area contributed by atoms with E-state index in [0.717, 1.165) is 31.2 Å². The molecular formula is C15H21N3O3S. The summed E-state index contributed by atoms with van der Waals surface area (Å²) in [6, 6.07) is 4.71. The fraction of sp³-hybridized carbons (Fsp3) is 0.533. The summed E-state index contributed by atoms with van der Waals surface area (Å²) in [6.45, 7) is 1.41. The fourth-order valence-corrected chi connectivity index (χ4v) is 4.94. The van der Waals surface area contributed by atoms with E-state index in [1.165, 1.54) is 10.4 Å². The van der Waals surface area contributed by atoms with Crippen LogP contribution < -0.4 is 11.1 Å². The van der Waals surface area contributed by atoms with Gasteiger partial charge in [-0.3, -0.25) is 4.79 Å². The van der Waals surface area contributed by atoms with Crippen LogP contribution in [0.25, 0.3) is 0 Å². The summed E-state index contributed by atoms with van der Waals surface area (Å²) in [6.07, 6.45) is 3.37. The zero-order chi connectivity index (χ0) is 15.7. The third kappa shape index (κ3) is 2.64. The molecule has 3 rings (SSSR count). The van der Waals surface area contributed by atoms with Crippen molar-refractivity contribution in [2.45, 2.75) is 36.6 Å². The normalized spacial score (nSPS) is 23.0. The fourth-order valence-electron chi connectivity index (χ4n) is 3.21. The number of benzene rings is 1. The number of hydrogen-bond acceptors (Lipinski definition) is 4. The number of amides is 1. The van der Waals surface area contributed by atoms with Gasteiger partial charge in [0.15, 0.2) is 0 Å². The molecule has 0 spiro atoms. The average Bonchev–Trinajstić information content (AvgIpc) is 2.55. The Labute approximate surface area is 130 Å². The van der Waals surface area contributed by atoms with Crippen molar-refractivity contribution in [2.24, 2.45) is 5.73 Å². The van der Waals surface area contributed by atoms with Gasteiger partial charge >= 0.3 is 0 Å². The molecule has 0 radical (unpaired) electrons. The zero-order valence-corrected chi connectivity index (χ0v) is 13.2. The van der Waals surface area contributed by atoms with Crippen molar-refractivity contribution in [1.82, 2.24) is 9.62 Å². The highest BCUT2D eigenvalue weighted by Gasteiger charge is 2.33. The number of carbonyl (C=O) groups excluding carboxylic acids is 1. The molecule has 1 atom stereocenters. The van der Waals surface area contributed by atoms with Crippen LogP contribution in [0, 0.1) is 0 Å². The lowest BCUT2D eigenvalue weighted by Crippen LogP contribution is -2.47. The molecule has 0 aliphatic carbocycles. The Balaban J connectivity index is 1.98. The van der Waals surface area contributed by atoms with Crippen molar-refractivity contribution >= 4 is 15.9 Å². The first-order chi connectivity index (χ1) is 10.5. The predicted molar refractivity (Wildman–Crippen MR) is 83.1 cm³/mol. The van der Waals surface area contributed by atoms with Crippen LogP contribution in [-0.4, -0.2) is 44.3 Å². The molecule has 2 aliphatic heterocycles. The largest absolute Gasteiger partial charge is 0.352 e. The van der Waals surface area contributed by atoms with Crippen LogP contribution >= 0.6 is 0 Å². The summed E-state index contributed by atoms with van der Waals surface area (Å²) in [5.74, 6) is -0.202. The van der Waals surface area contributed by atoms with E-state index < -0.39 is 10.0 Å². The smallest absolute Gasteiger partial charge is 0.251 e. The molecule has 1 aromatic carbocycles. The highest BCUT2D eigenvalue weighted by Crippen LogP contribution is 2.27. The van der Waals surface area contributed by atoms with Gasteiger partial charge in [0.25, 0.3) is 5.91 Å². The molecule has 3 N–H and O–H groups in total. The van der Waals surface area contributed by atoms with Crippen molar-refractivity contribution in [3.63, 3.8) is 0 Å². The monoisotopic (exact) mass is 323 g/mol. The van der Waals surface area contributed by atoms with Gasteiger partial charge in [-0.05, 0) is 37.0 Å². The highest BCUT2D eigenvalue weighted by molar-refractivity contribution is 7.89. The summed E-state index contributed by atoms with van der Waals surface area (Å²) in [7, 11) is -3.61. The average molecular weight is 323 g/mol. The van der Waals surface area contributed by atoms with Crippen LogP contribution in [0.1, 0.15) is 35.2 Å². The number of nitrogens with one attached hydrogen (secondary N) is 1. The number of sulfonamides is 1. The van der Waals surface area contributed by atoms with Crippen LogP contribution in [0.2, 0.25) is 0 Å². The second-order valence-electron chi connectivity index (χ2n) is 5.83. The maximum atomic E-state index is 12.9. The third-order valence-electron chi connectivity index (χ3n) is 4.46. The molecule has 1 aromatic rings. The summed E-state index contributed by atoms with van der Waals surface area (Å²) in [4.78, 5) is 12.1. The molecule has 2 heterocycles. The van der Waals surface area contributed by atoms with E-state index in [-0.39, 0.29) is 16.8 Å². The molecule has 1 unspecified atom stereocenters. The van der Waals surface area contributed by atoms with Crippen molar-refractivity contribution < 1.29 is 13.2 Å². The quantitative estimate of drug-likeness (QED) is 0.846. The first-order valence-electron chi connectivity index (χ1n) is 7.67. The van der Waals surface area contributed by atoms with Gasteiger partial charge in [0, 0.05) is 31.2 Å². The minimum Gasteiger partial charge on any atom is -0.352 e. The Bertz CT molecular complexity index is 687. The van der Waals surface area contributed by atoms with E-state index in [1.807, 2.05) is 0 Å². The number of fused-ring (bicyclic) bond motifs is 1. The highest BCUT2D eigenvalue weighted by atomic mass is 32.2. The van der Waals surface area contributed by atoms with E-state index in [1.54, 1.807) is 12.1 Å². The molecule has 0 bridgehead atoms. The Hall–Kier alpha value is -1.44. The maximum Gasteiger partial charge on any atom is 0.251 e. The lowest BCUT2D eigenvalue weighted by atomic mass is 10.0. The second-order valence-corrected chi connectivity index (χ2v) is 7.72. The summed E-state index contributed by atoms with van der Waals surface area (Å²) in [5, 5.41) is 2.75. The molecule has 22 heavy (non-hydrogen) atoms. The SMILES string of the molecule is NCC1CCCCN1S(=O)(=O)c1ccc2c(c1)C(=O)NCC2. The van der Waals surface area contributed by atoms with Gasteiger partial charge in [-0.25, -0.2) is 8.42 Å². The second kappa shape index (κ2) is 5.98. The van der Waals surface area contributed by atoms with Gasteiger partial charge in [-0.2, -0.15) is 4.31 Å². The molecule has 2 aliphatic rings. The third-order valence-corrected chi connectivity index (χ3v) is 6.41. The number of nitrogens with two attached hydrogens (primary N) is 1. The molecule has 7 heteroatoms. The molecular weight excluding hydrogens is 302 g/mol. The topological polar surface area (TPSA) is 92.5 Å². The van der Waals surface area contributed by atoms with E-state index in [9.17, 15) is 13.2 Å². The van der Waals surface area contributed by atoms with Gasteiger partial charge in [0.2, 0.25) is 10.0 Å². The molecule has 120 valence electrons. The van der Waals surface area contributed by atoms with Gasteiger partial charge in [0.1, 0.15) is 0 Å². The molecule has 6 nitrogen and oxygen atoms in total. The van der Waals surface area contributed by atoms with Gasteiger partial charge in [-0.15, -0.1) is 0 Å². The zero-order valence-electron chi connectivity index (χ0n) is 12.4. The maximum absolute atomic E-state index is 12.9. The van der Waals surface area contributed by atoms with Crippen molar-refractivity contribution in [1.29, 1.82) is 0 Å². The molecule has 0 aromatic heterocycles. The first kappa shape index (κ1) is 15.5. The minimum absolute atomic E-state index is 0.149. The van der Waals surface area contributed by atoms with Crippen molar-refractivity contribution in [2.75, 3.05) is 19.6 Å². The standard InChI is InChI=1S/C15H21N3O3S/c16-10-12-3-1-2-8-18(12)22(20,21)13-5-4-11-6-7-17-15(19)14(11)9-13/h4-5,9,12H,1-3,6-8,10,16H2,(H,17,19).